The summed E-state index contributed by atoms with van der Waals surface area (Å²) in [7, 11) is 0. The SMILES string of the molecule is O=C(Cc1noc2ccccc12)Nc1ccc(N2CCCC2)cc1. The van der Waals surface area contributed by atoms with Crippen LogP contribution in [0.3, 0.4) is 0 Å². The van der Waals surface area contributed by atoms with Crippen LogP contribution >= 0.6 is 0 Å². The molecule has 0 unspecified atom stereocenters. The molecule has 2 aromatic carbocycles. The van der Waals surface area contributed by atoms with Gasteiger partial charge in [0.1, 0.15) is 5.69 Å². The fourth-order valence-electron chi connectivity index (χ4n) is 3.15. The Bertz CT molecular complexity index is 848. The molecule has 24 heavy (non-hydrogen) atoms. The lowest BCUT2D eigenvalue weighted by atomic mass is 10.1. The predicted octanol–water partition coefficient (Wildman–Crippen LogP) is 3.61. The van der Waals surface area contributed by atoms with Gasteiger partial charge in [-0.25, -0.2) is 0 Å². The van der Waals surface area contributed by atoms with Gasteiger partial charge in [-0.05, 0) is 49.2 Å². The van der Waals surface area contributed by atoms with Crippen LogP contribution in [0.2, 0.25) is 0 Å². The summed E-state index contributed by atoms with van der Waals surface area (Å²) < 4.78 is 5.24. The highest BCUT2D eigenvalue weighted by Crippen LogP contribution is 2.22. The molecular weight excluding hydrogens is 302 g/mol. The van der Waals surface area contributed by atoms with E-state index in [0.29, 0.717) is 11.3 Å². The molecule has 5 heteroatoms. The topological polar surface area (TPSA) is 58.4 Å². The Morgan fingerprint density at radius 2 is 1.83 bits per heavy atom. The number of amides is 1. The number of nitrogens with one attached hydrogen (secondary N) is 1. The molecule has 0 aliphatic carbocycles. The monoisotopic (exact) mass is 321 g/mol. The molecule has 1 amide bonds. The first-order valence-corrected chi connectivity index (χ1v) is 8.28. The minimum absolute atomic E-state index is 0.0945. The Morgan fingerprint density at radius 3 is 2.62 bits per heavy atom. The quantitative estimate of drug-likeness (QED) is 0.797. The van der Waals surface area contributed by atoms with E-state index in [4.69, 9.17) is 4.52 Å². The summed E-state index contributed by atoms with van der Waals surface area (Å²) in [4.78, 5) is 14.6. The maximum atomic E-state index is 12.3. The van der Waals surface area contributed by atoms with Crippen molar-refractivity contribution in [2.45, 2.75) is 19.3 Å². The van der Waals surface area contributed by atoms with Crippen molar-refractivity contribution >= 4 is 28.3 Å². The molecule has 5 nitrogen and oxygen atoms in total. The maximum absolute atomic E-state index is 12.3. The van der Waals surface area contributed by atoms with Crippen LogP contribution in [-0.2, 0) is 11.2 Å². The van der Waals surface area contributed by atoms with E-state index in [-0.39, 0.29) is 12.3 Å². The summed E-state index contributed by atoms with van der Waals surface area (Å²) >= 11 is 0. The molecule has 1 N–H and O–H groups in total. The highest BCUT2D eigenvalue weighted by molar-refractivity contribution is 5.94. The van der Waals surface area contributed by atoms with E-state index >= 15 is 0 Å². The van der Waals surface area contributed by atoms with E-state index in [1.54, 1.807) is 0 Å². The van der Waals surface area contributed by atoms with Gasteiger partial charge >= 0.3 is 0 Å². The summed E-state index contributed by atoms with van der Waals surface area (Å²) in [5, 5.41) is 7.81. The van der Waals surface area contributed by atoms with Crippen molar-refractivity contribution in [2.75, 3.05) is 23.3 Å². The normalized spacial score (nSPS) is 14.2. The number of hydrogen-bond donors (Lipinski definition) is 1. The molecule has 122 valence electrons. The number of benzene rings is 2. The number of carbonyl (C=O) groups is 1. The van der Waals surface area contributed by atoms with Crippen molar-refractivity contribution in [3.8, 4) is 0 Å². The van der Waals surface area contributed by atoms with E-state index in [0.717, 1.165) is 24.2 Å². The molecule has 1 aliphatic rings. The number of nitrogens with zero attached hydrogens (tertiary/aromatic N) is 2. The molecule has 1 aromatic heterocycles. The van der Waals surface area contributed by atoms with Crippen LogP contribution in [0.4, 0.5) is 11.4 Å². The summed E-state index contributed by atoms with van der Waals surface area (Å²) in [5.41, 5.74) is 3.38. The van der Waals surface area contributed by atoms with Crippen molar-refractivity contribution in [2.24, 2.45) is 0 Å². The van der Waals surface area contributed by atoms with Crippen molar-refractivity contribution in [3.05, 3.63) is 54.2 Å². The highest BCUT2D eigenvalue weighted by atomic mass is 16.5. The molecule has 0 radical (unpaired) electrons. The van der Waals surface area contributed by atoms with E-state index in [1.807, 2.05) is 36.4 Å². The van der Waals surface area contributed by atoms with Gasteiger partial charge in [-0.15, -0.1) is 0 Å². The largest absolute Gasteiger partial charge is 0.372 e. The summed E-state index contributed by atoms with van der Waals surface area (Å²) in [5.74, 6) is -0.0945. The Balaban J connectivity index is 1.42. The average Bonchev–Trinajstić information content (AvgIpc) is 3.26. The Labute approximate surface area is 140 Å². The second-order valence-electron chi connectivity index (χ2n) is 6.09. The Morgan fingerprint density at radius 1 is 1.08 bits per heavy atom. The molecule has 4 rings (SSSR count). The zero-order valence-corrected chi connectivity index (χ0v) is 13.4. The van der Waals surface area contributed by atoms with Gasteiger partial charge in [0.15, 0.2) is 5.58 Å². The van der Waals surface area contributed by atoms with Gasteiger partial charge in [0.05, 0.1) is 6.42 Å². The van der Waals surface area contributed by atoms with Crippen LogP contribution in [0.25, 0.3) is 11.0 Å². The van der Waals surface area contributed by atoms with Gasteiger partial charge in [-0.3, -0.25) is 4.79 Å². The fraction of sp³-hybridized carbons (Fsp3) is 0.263. The third kappa shape index (κ3) is 2.97. The minimum Gasteiger partial charge on any atom is -0.372 e. The molecule has 0 saturated carbocycles. The standard InChI is InChI=1S/C19H19N3O2/c23-19(13-17-16-5-1-2-6-18(16)24-21-17)20-14-7-9-15(10-8-14)22-11-3-4-12-22/h1-2,5-10H,3-4,11-13H2,(H,20,23). The molecule has 0 bridgehead atoms. The highest BCUT2D eigenvalue weighted by Gasteiger charge is 2.14. The molecule has 3 aromatic rings. The van der Waals surface area contributed by atoms with Gasteiger partial charge < -0.3 is 14.7 Å². The molecule has 1 fully saturated rings. The van der Waals surface area contributed by atoms with E-state index < -0.39 is 0 Å². The second kappa shape index (κ2) is 6.35. The second-order valence-corrected chi connectivity index (χ2v) is 6.09. The van der Waals surface area contributed by atoms with E-state index in [1.165, 1.54) is 18.5 Å². The summed E-state index contributed by atoms with van der Waals surface area (Å²) in [6, 6.07) is 15.6. The molecule has 1 aliphatic heterocycles. The van der Waals surface area contributed by atoms with Crippen LogP contribution in [0.1, 0.15) is 18.5 Å². The van der Waals surface area contributed by atoms with Crippen LogP contribution in [0.5, 0.6) is 0 Å². The first kappa shape index (κ1) is 14.8. The van der Waals surface area contributed by atoms with Gasteiger partial charge in [0.2, 0.25) is 5.91 Å². The van der Waals surface area contributed by atoms with Gasteiger partial charge in [0, 0.05) is 29.9 Å². The summed E-state index contributed by atoms with van der Waals surface area (Å²) in [6.07, 6.45) is 2.71. The van der Waals surface area contributed by atoms with Crippen molar-refractivity contribution in [3.63, 3.8) is 0 Å². The Hall–Kier alpha value is -2.82. The van der Waals surface area contributed by atoms with Gasteiger partial charge in [-0.1, -0.05) is 17.3 Å². The minimum atomic E-state index is -0.0945. The molecule has 0 spiro atoms. The van der Waals surface area contributed by atoms with Gasteiger partial charge in [-0.2, -0.15) is 0 Å². The average molecular weight is 321 g/mol. The molecule has 0 atom stereocenters. The number of fused-ring (bicyclic) bond motifs is 1. The Kier molecular flexibility index (Phi) is 3.91. The maximum Gasteiger partial charge on any atom is 0.230 e. The zero-order valence-electron chi connectivity index (χ0n) is 13.4. The lowest BCUT2D eigenvalue weighted by Crippen LogP contribution is -2.18. The van der Waals surface area contributed by atoms with Crippen LogP contribution in [0.15, 0.2) is 53.1 Å². The smallest absolute Gasteiger partial charge is 0.230 e. The summed E-state index contributed by atoms with van der Waals surface area (Å²) in [6.45, 7) is 2.23. The number of aromatic nitrogens is 1. The lowest BCUT2D eigenvalue weighted by Gasteiger charge is -2.17. The first-order chi connectivity index (χ1) is 11.8. The van der Waals surface area contributed by atoms with Crippen molar-refractivity contribution in [1.29, 1.82) is 0 Å². The lowest BCUT2D eigenvalue weighted by molar-refractivity contribution is -0.115. The number of para-hydroxylation sites is 1. The number of hydrogen-bond acceptors (Lipinski definition) is 4. The third-order valence-electron chi connectivity index (χ3n) is 4.40. The van der Waals surface area contributed by atoms with E-state index in [2.05, 4.69) is 27.5 Å². The molecule has 2 heterocycles. The first-order valence-electron chi connectivity index (χ1n) is 8.28. The van der Waals surface area contributed by atoms with E-state index in [9.17, 15) is 4.79 Å². The number of rotatable bonds is 4. The van der Waals surface area contributed by atoms with Crippen molar-refractivity contribution < 1.29 is 9.32 Å². The van der Waals surface area contributed by atoms with Crippen LogP contribution in [0, 0.1) is 0 Å². The van der Waals surface area contributed by atoms with Crippen molar-refractivity contribution in [1.82, 2.24) is 5.16 Å². The molecular formula is C19H19N3O2. The third-order valence-corrected chi connectivity index (χ3v) is 4.40. The number of anilines is 2. The zero-order chi connectivity index (χ0) is 16.4. The van der Waals surface area contributed by atoms with Crippen LogP contribution < -0.4 is 10.2 Å². The molecule has 1 saturated heterocycles. The van der Waals surface area contributed by atoms with Crippen LogP contribution in [-0.4, -0.2) is 24.2 Å². The predicted molar refractivity (Wildman–Crippen MR) is 94.2 cm³/mol. The fourth-order valence-corrected chi connectivity index (χ4v) is 3.15. The number of carbonyl (C=O) groups excluding carboxylic acids is 1. The van der Waals surface area contributed by atoms with Gasteiger partial charge in [0.25, 0.3) is 0 Å².